The van der Waals surface area contributed by atoms with Crippen molar-refractivity contribution < 1.29 is 14.3 Å². The highest BCUT2D eigenvalue weighted by atomic mass is 16.4. The molecule has 0 unspecified atom stereocenters. The van der Waals surface area contributed by atoms with Gasteiger partial charge in [-0.25, -0.2) is 0 Å². The van der Waals surface area contributed by atoms with E-state index >= 15 is 0 Å². The van der Waals surface area contributed by atoms with E-state index in [1.165, 1.54) is 35.5 Å². The molecule has 3 heteroatoms. The molecule has 0 aliphatic carbocycles. The Balaban J connectivity index is 2.18. The van der Waals surface area contributed by atoms with E-state index in [0.717, 1.165) is 44.9 Å². The van der Waals surface area contributed by atoms with Crippen molar-refractivity contribution >= 4 is 5.97 Å². The van der Waals surface area contributed by atoms with Crippen molar-refractivity contribution in [3.63, 3.8) is 0 Å². The monoisotopic (exact) mass is 294 g/mol. The van der Waals surface area contributed by atoms with E-state index in [2.05, 4.69) is 20.8 Å². The summed E-state index contributed by atoms with van der Waals surface area (Å²) in [6, 6.07) is 0. The fourth-order valence-corrected chi connectivity index (χ4v) is 2.69. The average Bonchev–Trinajstić information content (AvgIpc) is 2.70. The third-order valence-electron chi connectivity index (χ3n) is 4.17. The first-order valence-corrected chi connectivity index (χ1v) is 8.35. The molecular formula is C18H30O3. The molecule has 1 rings (SSSR count). The molecular weight excluding hydrogens is 264 g/mol. The van der Waals surface area contributed by atoms with Gasteiger partial charge in [0.25, 0.3) is 0 Å². The Morgan fingerprint density at radius 3 is 2.00 bits per heavy atom. The minimum absolute atomic E-state index is 0.311. The van der Waals surface area contributed by atoms with Crippen LogP contribution in [0, 0.1) is 13.8 Å². The largest absolute Gasteiger partial charge is 0.481 e. The molecule has 0 aliphatic rings. The first-order chi connectivity index (χ1) is 10.1. The van der Waals surface area contributed by atoms with Crippen molar-refractivity contribution in [3.8, 4) is 0 Å². The highest BCUT2D eigenvalue weighted by Gasteiger charge is 2.12. The van der Waals surface area contributed by atoms with E-state index in [1.807, 2.05) is 0 Å². The number of carboxylic acid groups (broad SMARTS) is 1. The van der Waals surface area contributed by atoms with E-state index in [4.69, 9.17) is 9.52 Å². The van der Waals surface area contributed by atoms with E-state index < -0.39 is 5.97 Å². The maximum Gasteiger partial charge on any atom is 0.303 e. The Morgan fingerprint density at radius 1 is 0.905 bits per heavy atom. The standard InChI is InChI=1S/C18H30O3/c1-4-11-16-14(2)15(3)17(21-16)12-9-7-5-6-8-10-13-18(19)20/h4-13H2,1-3H3,(H,19,20). The first-order valence-electron chi connectivity index (χ1n) is 8.35. The quantitative estimate of drug-likeness (QED) is 0.570. The molecule has 0 fully saturated rings. The van der Waals surface area contributed by atoms with Gasteiger partial charge < -0.3 is 9.52 Å². The van der Waals surface area contributed by atoms with Gasteiger partial charge in [0.15, 0.2) is 0 Å². The zero-order chi connectivity index (χ0) is 15.7. The van der Waals surface area contributed by atoms with Gasteiger partial charge in [-0.1, -0.05) is 32.6 Å². The van der Waals surface area contributed by atoms with Crippen molar-refractivity contribution in [2.75, 3.05) is 0 Å². The maximum absolute atomic E-state index is 10.4. The van der Waals surface area contributed by atoms with Crippen molar-refractivity contribution in [2.45, 2.75) is 85.0 Å². The van der Waals surface area contributed by atoms with Gasteiger partial charge >= 0.3 is 5.97 Å². The van der Waals surface area contributed by atoms with Crippen LogP contribution in [0.15, 0.2) is 4.42 Å². The lowest BCUT2D eigenvalue weighted by atomic mass is 10.0. The molecule has 1 heterocycles. The van der Waals surface area contributed by atoms with Crippen LogP contribution in [0.1, 0.15) is 80.9 Å². The zero-order valence-electron chi connectivity index (χ0n) is 13.8. The summed E-state index contributed by atoms with van der Waals surface area (Å²) < 4.78 is 5.99. The molecule has 0 spiro atoms. The summed E-state index contributed by atoms with van der Waals surface area (Å²) in [6.07, 6.45) is 10.1. The number of aryl methyl sites for hydroxylation is 2. The summed E-state index contributed by atoms with van der Waals surface area (Å²) >= 11 is 0. The Hall–Kier alpha value is -1.25. The van der Waals surface area contributed by atoms with Crippen LogP contribution in [0.5, 0.6) is 0 Å². The fraction of sp³-hybridized carbons (Fsp3) is 0.722. The van der Waals surface area contributed by atoms with Gasteiger partial charge in [-0.15, -0.1) is 0 Å². The molecule has 1 N–H and O–H groups in total. The highest BCUT2D eigenvalue weighted by Crippen LogP contribution is 2.24. The molecule has 0 bridgehead atoms. The third-order valence-corrected chi connectivity index (χ3v) is 4.17. The lowest BCUT2D eigenvalue weighted by Gasteiger charge is -2.01. The lowest BCUT2D eigenvalue weighted by molar-refractivity contribution is -0.137. The minimum atomic E-state index is -0.679. The van der Waals surface area contributed by atoms with Crippen molar-refractivity contribution in [2.24, 2.45) is 0 Å². The molecule has 0 saturated heterocycles. The number of rotatable bonds is 11. The van der Waals surface area contributed by atoms with Crippen LogP contribution in [-0.2, 0) is 17.6 Å². The predicted octanol–water partition coefficient (Wildman–Crippen LogP) is 5.21. The normalized spacial score (nSPS) is 11.0. The van der Waals surface area contributed by atoms with E-state index in [-0.39, 0.29) is 0 Å². The van der Waals surface area contributed by atoms with E-state index in [0.29, 0.717) is 6.42 Å². The molecule has 0 amide bonds. The van der Waals surface area contributed by atoms with Crippen LogP contribution in [0.4, 0.5) is 0 Å². The Morgan fingerprint density at radius 2 is 1.43 bits per heavy atom. The summed E-state index contributed by atoms with van der Waals surface area (Å²) in [7, 11) is 0. The second-order valence-electron chi connectivity index (χ2n) is 5.96. The summed E-state index contributed by atoms with van der Waals surface area (Å²) in [5.74, 6) is 1.65. The van der Waals surface area contributed by atoms with Crippen molar-refractivity contribution in [3.05, 3.63) is 22.6 Å². The average molecular weight is 294 g/mol. The molecule has 0 saturated carbocycles. The number of carboxylic acids is 1. The molecule has 0 radical (unpaired) electrons. The summed E-state index contributed by atoms with van der Waals surface area (Å²) in [6.45, 7) is 6.51. The minimum Gasteiger partial charge on any atom is -0.481 e. The number of hydrogen-bond acceptors (Lipinski definition) is 2. The first kappa shape index (κ1) is 17.8. The second kappa shape index (κ2) is 9.64. The highest BCUT2D eigenvalue weighted by molar-refractivity contribution is 5.66. The van der Waals surface area contributed by atoms with Crippen LogP contribution in [0.3, 0.4) is 0 Å². The van der Waals surface area contributed by atoms with Crippen molar-refractivity contribution in [1.82, 2.24) is 0 Å². The van der Waals surface area contributed by atoms with Gasteiger partial charge in [-0.05, 0) is 44.2 Å². The second-order valence-corrected chi connectivity index (χ2v) is 5.96. The number of hydrogen-bond donors (Lipinski definition) is 1. The summed E-state index contributed by atoms with van der Waals surface area (Å²) in [5.41, 5.74) is 2.67. The van der Waals surface area contributed by atoms with Crippen LogP contribution >= 0.6 is 0 Å². The van der Waals surface area contributed by atoms with Crippen LogP contribution in [0.2, 0.25) is 0 Å². The fourth-order valence-electron chi connectivity index (χ4n) is 2.69. The van der Waals surface area contributed by atoms with Gasteiger partial charge in [-0.2, -0.15) is 0 Å². The third kappa shape index (κ3) is 6.36. The molecule has 1 aromatic rings. The number of furan rings is 1. The molecule has 1 aromatic heterocycles. The van der Waals surface area contributed by atoms with E-state index in [9.17, 15) is 4.79 Å². The molecule has 0 aliphatic heterocycles. The Bertz CT molecular complexity index is 432. The van der Waals surface area contributed by atoms with Gasteiger partial charge in [0.2, 0.25) is 0 Å². The van der Waals surface area contributed by atoms with E-state index in [1.54, 1.807) is 0 Å². The number of aliphatic carboxylic acids is 1. The van der Waals surface area contributed by atoms with Crippen molar-refractivity contribution in [1.29, 1.82) is 0 Å². The smallest absolute Gasteiger partial charge is 0.303 e. The van der Waals surface area contributed by atoms with Gasteiger partial charge in [-0.3, -0.25) is 4.79 Å². The van der Waals surface area contributed by atoms with Gasteiger partial charge in [0.05, 0.1) is 0 Å². The van der Waals surface area contributed by atoms with Gasteiger partial charge in [0, 0.05) is 19.3 Å². The molecule has 120 valence electrons. The maximum atomic E-state index is 10.4. The zero-order valence-corrected chi connectivity index (χ0v) is 13.8. The molecule has 21 heavy (non-hydrogen) atoms. The molecule has 0 atom stereocenters. The number of carbonyl (C=O) groups is 1. The Labute approximate surface area is 128 Å². The topological polar surface area (TPSA) is 50.4 Å². The predicted molar refractivity (Wildman–Crippen MR) is 85.8 cm³/mol. The molecule has 0 aromatic carbocycles. The van der Waals surface area contributed by atoms with Gasteiger partial charge in [0.1, 0.15) is 11.5 Å². The van der Waals surface area contributed by atoms with Crippen LogP contribution in [0.25, 0.3) is 0 Å². The Kier molecular flexibility index (Phi) is 8.17. The summed E-state index contributed by atoms with van der Waals surface area (Å²) in [4.78, 5) is 10.4. The summed E-state index contributed by atoms with van der Waals surface area (Å²) in [5, 5.41) is 8.56. The lowest BCUT2D eigenvalue weighted by Crippen LogP contribution is -1.93. The SMILES string of the molecule is CCCc1oc(CCCCCCCCC(=O)O)c(C)c1C. The van der Waals surface area contributed by atoms with Crippen LogP contribution in [-0.4, -0.2) is 11.1 Å². The molecule has 3 nitrogen and oxygen atoms in total. The number of unbranched alkanes of at least 4 members (excludes halogenated alkanes) is 5. The van der Waals surface area contributed by atoms with Crippen LogP contribution < -0.4 is 0 Å².